The van der Waals surface area contributed by atoms with Crippen LogP contribution in [0.1, 0.15) is 29.2 Å². The Morgan fingerprint density at radius 2 is 1.88 bits per heavy atom. The minimum Gasteiger partial charge on any atom is -0.496 e. The number of benzene rings is 2. The number of carbonyl (C=O) groups is 1. The summed E-state index contributed by atoms with van der Waals surface area (Å²) < 4.78 is 7.20. The Bertz CT molecular complexity index is 1330. The van der Waals surface area contributed by atoms with Crippen LogP contribution in [-0.4, -0.2) is 39.0 Å². The van der Waals surface area contributed by atoms with E-state index in [9.17, 15) is 9.90 Å². The number of nitrogen functional groups attached to an aromatic ring is 1. The molecule has 162 valence electrons. The third kappa shape index (κ3) is 3.25. The third-order valence-corrected chi connectivity index (χ3v) is 5.96. The highest BCUT2D eigenvalue weighted by molar-refractivity contribution is 6.04. The maximum atomic E-state index is 12.2. The number of pyridine rings is 1. The number of nitrogens with zero attached hydrogens (tertiary/aromatic N) is 3. The topological polar surface area (TPSA) is 129 Å². The lowest BCUT2D eigenvalue weighted by atomic mass is 9.90. The molecule has 5 N–H and O–H groups in total. The maximum Gasteiger partial charge on any atom is 0.254 e. The molecule has 2 heterocycles. The number of aliphatic hydroxyl groups excluding tert-OH is 1. The second-order valence-electron chi connectivity index (χ2n) is 8.00. The largest absolute Gasteiger partial charge is 0.496 e. The number of amides is 1. The van der Waals surface area contributed by atoms with Gasteiger partial charge in [0.05, 0.1) is 30.5 Å². The molecule has 1 aliphatic rings. The van der Waals surface area contributed by atoms with Gasteiger partial charge in [0, 0.05) is 22.6 Å². The van der Waals surface area contributed by atoms with Crippen molar-refractivity contribution < 1.29 is 14.6 Å². The molecule has 0 spiro atoms. The molecule has 1 fully saturated rings. The number of primary amides is 1. The molecule has 0 radical (unpaired) electrons. The first-order chi connectivity index (χ1) is 15.5. The van der Waals surface area contributed by atoms with E-state index < -0.39 is 5.91 Å². The molecule has 0 unspecified atom stereocenters. The Hall–Kier alpha value is -3.91. The van der Waals surface area contributed by atoms with E-state index >= 15 is 0 Å². The Morgan fingerprint density at radius 1 is 1.12 bits per heavy atom. The lowest BCUT2D eigenvalue weighted by Gasteiger charge is -2.32. The summed E-state index contributed by atoms with van der Waals surface area (Å²) in [4.78, 5) is 17.1. The standard InChI is InChI=1S/C24H23N5O3/c1-32-20-12-18(13-5-3-2-4-6-13)27-19-9-14(7-8-17(19)20)22-21(24(26)31)23(25)29(28-22)15-10-16(30)11-15/h2-9,12,15-16,30H,10-11,25H2,1H3,(H2,26,31). The normalized spacial score (nSPS) is 17.8. The predicted molar refractivity (Wildman–Crippen MR) is 122 cm³/mol. The first-order valence-electron chi connectivity index (χ1n) is 10.4. The smallest absolute Gasteiger partial charge is 0.254 e. The van der Waals surface area contributed by atoms with Crippen molar-refractivity contribution in [2.75, 3.05) is 12.8 Å². The van der Waals surface area contributed by atoms with E-state index in [-0.39, 0.29) is 23.5 Å². The molecule has 1 aliphatic carbocycles. The van der Waals surface area contributed by atoms with E-state index in [1.54, 1.807) is 11.8 Å². The van der Waals surface area contributed by atoms with Gasteiger partial charge in [-0.2, -0.15) is 5.10 Å². The van der Waals surface area contributed by atoms with E-state index in [2.05, 4.69) is 5.10 Å². The Morgan fingerprint density at radius 3 is 2.53 bits per heavy atom. The van der Waals surface area contributed by atoms with Crippen LogP contribution in [0.3, 0.4) is 0 Å². The summed E-state index contributed by atoms with van der Waals surface area (Å²) in [5.41, 5.74) is 15.6. The van der Waals surface area contributed by atoms with Crippen LogP contribution in [0, 0.1) is 0 Å². The molecule has 1 saturated carbocycles. The van der Waals surface area contributed by atoms with Crippen LogP contribution in [-0.2, 0) is 0 Å². The van der Waals surface area contributed by atoms with Crippen molar-refractivity contribution in [1.29, 1.82) is 0 Å². The maximum absolute atomic E-state index is 12.2. The molecule has 4 aromatic rings. The highest BCUT2D eigenvalue weighted by Crippen LogP contribution is 2.38. The fourth-order valence-corrected chi connectivity index (χ4v) is 4.20. The highest BCUT2D eigenvalue weighted by Gasteiger charge is 2.33. The average molecular weight is 429 g/mol. The predicted octanol–water partition coefficient (Wildman–Crippen LogP) is 3.15. The number of aliphatic hydroxyl groups is 1. The van der Waals surface area contributed by atoms with Gasteiger partial charge < -0.3 is 21.3 Å². The number of anilines is 1. The summed E-state index contributed by atoms with van der Waals surface area (Å²) in [5, 5.41) is 15.1. The molecule has 1 amide bonds. The van der Waals surface area contributed by atoms with Crippen molar-refractivity contribution in [2.45, 2.75) is 25.0 Å². The van der Waals surface area contributed by atoms with Crippen molar-refractivity contribution in [3.05, 3.63) is 60.2 Å². The molecular weight excluding hydrogens is 406 g/mol. The van der Waals surface area contributed by atoms with Crippen molar-refractivity contribution in [1.82, 2.24) is 14.8 Å². The SMILES string of the molecule is COc1cc(-c2ccccc2)nc2cc(-c3nn(C4CC(O)C4)c(N)c3C(N)=O)ccc12. The highest BCUT2D eigenvalue weighted by atomic mass is 16.5. The molecule has 0 saturated heterocycles. The van der Waals surface area contributed by atoms with Crippen LogP contribution >= 0.6 is 0 Å². The van der Waals surface area contributed by atoms with E-state index in [1.807, 2.05) is 54.6 Å². The Balaban J connectivity index is 1.67. The number of rotatable bonds is 5. The van der Waals surface area contributed by atoms with Crippen LogP contribution in [0.4, 0.5) is 5.82 Å². The van der Waals surface area contributed by atoms with Crippen LogP contribution < -0.4 is 16.2 Å². The van der Waals surface area contributed by atoms with Crippen LogP contribution in [0.5, 0.6) is 5.75 Å². The van der Waals surface area contributed by atoms with Crippen LogP contribution in [0.15, 0.2) is 54.6 Å². The van der Waals surface area contributed by atoms with E-state index in [4.69, 9.17) is 21.2 Å². The number of methoxy groups -OCH3 is 1. The molecule has 5 rings (SSSR count). The summed E-state index contributed by atoms with van der Waals surface area (Å²) in [5.74, 6) is 0.268. The molecular formula is C24H23N5O3. The fraction of sp³-hybridized carbons (Fsp3) is 0.208. The van der Waals surface area contributed by atoms with E-state index in [0.717, 1.165) is 16.6 Å². The molecule has 8 heteroatoms. The number of fused-ring (bicyclic) bond motifs is 1. The van der Waals surface area contributed by atoms with Crippen molar-refractivity contribution in [3.8, 4) is 28.3 Å². The van der Waals surface area contributed by atoms with Gasteiger partial charge >= 0.3 is 0 Å². The minimum atomic E-state index is -0.646. The van der Waals surface area contributed by atoms with Crippen LogP contribution in [0.2, 0.25) is 0 Å². The number of nitrogens with two attached hydrogens (primary N) is 2. The van der Waals surface area contributed by atoms with Gasteiger partial charge in [0.25, 0.3) is 5.91 Å². The molecule has 0 bridgehead atoms. The number of carbonyl (C=O) groups excluding carboxylic acids is 1. The van der Waals surface area contributed by atoms with E-state index in [1.165, 1.54) is 0 Å². The summed E-state index contributed by atoms with van der Waals surface area (Å²) in [6.45, 7) is 0. The Kier molecular flexibility index (Phi) is 4.79. The van der Waals surface area contributed by atoms with Gasteiger partial charge in [-0.3, -0.25) is 4.79 Å². The van der Waals surface area contributed by atoms with Gasteiger partial charge in [0.2, 0.25) is 0 Å². The van der Waals surface area contributed by atoms with Crippen LogP contribution in [0.25, 0.3) is 33.4 Å². The molecule has 8 nitrogen and oxygen atoms in total. The number of aromatic nitrogens is 3. The zero-order valence-corrected chi connectivity index (χ0v) is 17.5. The first kappa shape index (κ1) is 20.0. The van der Waals surface area contributed by atoms with Gasteiger partial charge in [0.1, 0.15) is 22.8 Å². The zero-order chi connectivity index (χ0) is 22.4. The second kappa shape index (κ2) is 7.65. The number of hydrogen-bond donors (Lipinski definition) is 3. The third-order valence-electron chi connectivity index (χ3n) is 5.96. The van der Waals surface area contributed by atoms with Gasteiger partial charge in [-0.25, -0.2) is 9.67 Å². The van der Waals surface area contributed by atoms with Crippen molar-refractivity contribution in [3.63, 3.8) is 0 Å². The van der Waals surface area contributed by atoms with Crippen molar-refractivity contribution >= 4 is 22.6 Å². The molecule has 0 atom stereocenters. The minimum absolute atomic E-state index is 0.0554. The fourth-order valence-electron chi connectivity index (χ4n) is 4.20. The van der Waals surface area contributed by atoms with Gasteiger partial charge in [0.15, 0.2) is 0 Å². The molecule has 32 heavy (non-hydrogen) atoms. The first-order valence-corrected chi connectivity index (χ1v) is 10.4. The van der Waals surface area contributed by atoms with Gasteiger partial charge in [-0.05, 0) is 25.0 Å². The molecule has 2 aromatic carbocycles. The molecule has 2 aromatic heterocycles. The summed E-state index contributed by atoms with van der Waals surface area (Å²) >= 11 is 0. The number of ether oxygens (including phenoxy) is 1. The lowest BCUT2D eigenvalue weighted by molar-refractivity contribution is 0.0445. The quantitative estimate of drug-likeness (QED) is 0.447. The number of hydrogen-bond acceptors (Lipinski definition) is 6. The Labute approximate surface area is 184 Å². The second-order valence-corrected chi connectivity index (χ2v) is 8.00. The zero-order valence-electron chi connectivity index (χ0n) is 17.5. The summed E-state index contributed by atoms with van der Waals surface area (Å²) in [6.07, 6.45) is 0.707. The van der Waals surface area contributed by atoms with Crippen molar-refractivity contribution in [2.24, 2.45) is 5.73 Å². The van der Waals surface area contributed by atoms with E-state index in [0.29, 0.717) is 35.4 Å². The lowest BCUT2D eigenvalue weighted by Crippen LogP contribution is -2.32. The summed E-state index contributed by atoms with van der Waals surface area (Å²) in [7, 11) is 1.62. The average Bonchev–Trinajstić information content (AvgIpc) is 3.13. The van der Waals surface area contributed by atoms with Gasteiger partial charge in [-0.1, -0.05) is 36.4 Å². The summed E-state index contributed by atoms with van der Waals surface area (Å²) in [6, 6.07) is 17.3. The molecule has 0 aliphatic heterocycles. The van der Waals surface area contributed by atoms with Gasteiger partial charge in [-0.15, -0.1) is 0 Å². The monoisotopic (exact) mass is 429 g/mol.